The molecule has 1 amide bonds. The van der Waals surface area contributed by atoms with Crippen LogP contribution in [-0.4, -0.2) is 49.3 Å². The number of amides is 1. The van der Waals surface area contributed by atoms with Crippen LogP contribution in [0.2, 0.25) is 5.02 Å². The second-order valence-electron chi connectivity index (χ2n) is 5.57. The average Bonchev–Trinajstić information content (AvgIpc) is 2.55. The van der Waals surface area contributed by atoms with Crippen molar-refractivity contribution in [3.8, 4) is 0 Å². The molecule has 3 rings (SSSR count). The summed E-state index contributed by atoms with van der Waals surface area (Å²) >= 11 is 6.13. The van der Waals surface area contributed by atoms with Gasteiger partial charge in [-0.15, -0.1) is 4.40 Å². The lowest BCUT2D eigenvalue weighted by molar-refractivity contribution is -0.125. The van der Waals surface area contributed by atoms with Crippen LogP contribution in [0.4, 0.5) is 0 Å². The Kier molecular flexibility index (Phi) is 4.47. The van der Waals surface area contributed by atoms with E-state index >= 15 is 0 Å². The maximum Gasteiger partial charge on any atom is 0.257 e. The molecule has 126 valence electrons. The number of nitrogens with zero attached hydrogens (tertiary/aromatic N) is 3. The molecule has 2 aliphatic rings. The number of hydrogen-bond donors (Lipinski definition) is 0. The average molecular weight is 366 g/mol. The van der Waals surface area contributed by atoms with E-state index in [-0.39, 0.29) is 29.6 Å². The smallest absolute Gasteiger partial charge is 0.257 e. The van der Waals surface area contributed by atoms with E-state index in [2.05, 4.69) is 4.40 Å². The molecule has 1 aromatic carbocycles. The summed E-state index contributed by atoms with van der Waals surface area (Å²) in [4.78, 5) is 15.9. The largest absolute Gasteiger partial charge is 0.337 e. The molecule has 0 spiro atoms. The molecular weight excluding hydrogens is 350 g/mol. The van der Waals surface area contributed by atoms with Crippen LogP contribution in [0.3, 0.4) is 0 Å². The van der Waals surface area contributed by atoms with E-state index < -0.39 is 10.0 Å². The molecule has 0 atom stereocenters. The molecule has 6 nitrogen and oxygen atoms in total. The molecule has 0 N–H and O–H groups in total. The van der Waals surface area contributed by atoms with Crippen molar-refractivity contribution < 1.29 is 13.2 Å². The first kappa shape index (κ1) is 16.7. The number of benzene rings is 1. The van der Waals surface area contributed by atoms with Crippen LogP contribution in [0.15, 0.2) is 52.6 Å². The fourth-order valence-electron chi connectivity index (χ4n) is 2.54. The third-order valence-electron chi connectivity index (χ3n) is 3.80. The van der Waals surface area contributed by atoms with Gasteiger partial charge in [0, 0.05) is 31.4 Å². The van der Waals surface area contributed by atoms with E-state index in [1.807, 2.05) is 18.2 Å². The Morgan fingerprint density at radius 2 is 2.12 bits per heavy atom. The summed E-state index contributed by atoms with van der Waals surface area (Å²) in [6.45, 7) is 0.607. The number of sulfonamides is 1. The van der Waals surface area contributed by atoms with E-state index in [9.17, 15) is 13.2 Å². The third kappa shape index (κ3) is 3.37. The maximum absolute atomic E-state index is 12.8. The zero-order valence-electron chi connectivity index (χ0n) is 13.0. The van der Waals surface area contributed by atoms with Crippen molar-refractivity contribution in [1.29, 1.82) is 0 Å². The summed E-state index contributed by atoms with van der Waals surface area (Å²) in [5, 5.41) is 0.578. The molecule has 2 heterocycles. The predicted molar refractivity (Wildman–Crippen MR) is 93.1 cm³/mol. The number of hydrogen-bond acceptors (Lipinski definition) is 4. The fraction of sp³-hybridized carbons (Fsp3) is 0.250. The zero-order chi connectivity index (χ0) is 17.3. The highest BCUT2D eigenvalue weighted by Crippen LogP contribution is 2.21. The van der Waals surface area contributed by atoms with Gasteiger partial charge in [0.1, 0.15) is 0 Å². The van der Waals surface area contributed by atoms with Crippen LogP contribution in [0.1, 0.15) is 5.56 Å². The van der Waals surface area contributed by atoms with Crippen molar-refractivity contribution >= 4 is 33.4 Å². The summed E-state index contributed by atoms with van der Waals surface area (Å²) in [5.74, 6) is -0.183. The second-order valence-corrected chi connectivity index (χ2v) is 7.73. The number of carbonyl (C=O) groups is 1. The van der Waals surface area contributed by atoms with Crippen LogP contribution < -0.4 is 0 Å². The van der Waals surface area contributed by atoms with Crippen LogP contribution in [0.25, 0.3) is 0 Å². The van der Waals surface area contributed by atoms with Gasteiger partial charge in [-0.3, -0.25) is 4.79 Å². The second kappa shape index (κ2) is 6.41. The number of amidine groups is 1. The summed E-state index contributed by atoms with van der Waals surface area (Å²) < 4.78 is 27.3. The van der Waals surface area contributed by atoms with Gasteiger partial charge < -0.3 is 9.80 Å². The number of likely N-dealkylation sites (N-methyl/N-ethyl adjacent to an activating group) is 1. The Balaban J connectivity index is 1.86. The molecule has 0 saturated carbocycles. The van der Waals surface area contributed by atoms with Gasteiger partial charge in [-0.1, -0.05) is 29.8 Å². The summed E-state index contributed by atoms with van der Waals surface area (Å²) in [6, 6.07) is 7.27. The molecule has 0 unspecified atom stereocenters. The summed E-state index contributed by atoms with van der Waals surface area (Å²) in [7, 11) is -1.89. The normalized spacial score (nSPS) is 18.5. The van der Waals surface area contributed by atoms with Crippen molar-refractivity contribution in [2.75, 3.05) is 19.3 Å². The highest BCUT2D eigenvalue weighted by Gasteiger charge is 2.31. The Labute approximate surface area is 145 Å². The van der Waals surface area contributed by atoms with E-state index in [1.165, 1.54) is 4.90 Å². The van der Waals surface area contributed by atoms with Gasteiger partial charge in [0.15, 0.2) is 5.84 Å². The standard InChI is InChI=1S/C16H16ClN3O3S/c1-19(11-12-5-2-3-7-14(12)17)16(21)13-6-4-8-20-9-10-24(22,23)18-15(13)20/h2-8H,9-11H2,1H3. The molecule has 0 aromatic heterocycles. The minimum Gasteiger partial charge on any atom is -0.337 e. The number of halogens is 1. The van der Waals surface area contributed by atoms with Gasteiger partial charge in [-0.05, 0) is 23.8 Å². The van der Waals surface area contributed by atoms with E-state index in [4.69, 9.17) is 11.6 Å². The molecule has 2 aliphatic heterocycles. The highest BCUT2D eigenvalue weighted by atomic mass is 35.5. The van der Waals surface area contributed by atoms with Gasteiger partial charge in [0.05, 0.1) is 11.3 Å². The first-order valence-electron chi connectivity index (χ1n) is 7.34. The lowest BCUT2D eigenvalue weighted by Gasteiger charge is -2.30. The first-order valence-corrected chi connectivity index (χ1v) is 9.33. The molecule has 0 bridgehead atoms. The van der Waals surface area contributed by atoms with Crippen LogP contribution in [-0.2, 0) is 21.4 Å². The predicted octanol–water partition coefficient (Wildman–Crippen LogP) is 1.80. The van der Waals surface area contributed by atoms with Crippen molar-refractivity contribution in [1.82, 2.24) is 9.80 Å². The lowest BCUT2D eigenvalue weighted by Crippen LogP contribution is -2.42. The Morgan fingerprint density at radius 1 is 1.38 bits per heavy atom. The van der Waals surface area contributed by atoms with Crippen molar-refractivity contribution in [2.45, 2.75) is 6.54 Å². The van der Waals surface area contributed by atoms with Crippen LogP contribution in [0.5, 0.6) is 0 Å². The SMILES string of the molecule is CN(Cc1ccccc1Cl)C(=O)C1=CC=CN2CCS(=O)(=O)N=C12. The lowest BCUT2D eigenvalue weighted by atomic mass is 10.1. The van der Waals surface area contributed by atoms with E-state index in [0.717, 1.165) is 5.56 Å². The quantitative estimate of drug-likeness (QED) is 0.819. The fourth-order valence-corrected chi connectivity index (χ4v) is 3.72. The van der Waals surface area contributed by atoms with Gasteiger partial charge >= 0.3 is 0 Å². The molecule has 8 heteroatoms. The van der Waals surface area contributed by atoms with Crippen LogP contribution in [0, 0.1) is 0 Å². The van der Waals surface area contributed by atoms with Gasteiger partial charge in [0.25, 0.3) is 15.9 Å². The number of carbonyl (C=O) groups excluding carboxylic acids is 1. The van der Waals surface area contributed by atoms with E-state index in [1.54, 1.807) is 36.4 Å². The minimum absolute atomic E-state index is 0.0578. The molecule has 1 aromatic rings. The molecule has 0 radical (unpaired) electrons. The van der Waals surface area contributed by atoms with Gasteiger partial charge in [0.2, 0.25) is 0 Å². The van der Waals surface area contributed by atoms with Crippen LogP contribution >= 0.6 is 11.6 Å². The number of allylic oxidation sites excluding steroid dienone is 2. The number of fused-ring (bicyclic) bond motifs is 1. The van der Waals surface area contributed by atoms with Crippen molar-refractivity contribution in [3.63, 3.8) is 0 Å². The van der Waals surface area contributed by atoms with Crippen molar-refractivity contribution in [2.24, 2.45) is 4.40 Å². The Hall–Kier alpha value is -2.12. The Morgan fingerprint density at radius 3 is 2.88 bits per heavy atom. The van der Waals surface area contributed by atoms with Crippen molar-refractivity contribution in [3.05, 3.63) is 58.8 Å². The zero-order valence-corrected chi connectivity index (χ0v) is 14.6. The molecule has 0 saturated heterocycles. The molecule has 0 fully saturated rings. The topological polar surface area (TPSA) is 70.1 Å². The highest BCUT2D eigenvalue weighted by molar-refractivity contribution is 7.90. The molecule has 0 aliphatic carbocycles. The minimum atomic E-state index is -3.53. The molecule has 24 heavy (non-hydrogen) atoms. The Bertz CT molecular complexity index is 874. The summed E-state index contributed by atoms with van der Waals surface area (Å²) in [5.41, 5.74) is 1.08. The van der Waals surface area contributed by atoms with Gasteiger partial charge in [-0.2, -0.15) is 0 Å². The molecular formula is C16H16ClN3O3S. The van der Waals surface area contributed by atoms with Gasteiger partial charge in [-0.25, -0.2) is 8.42 Å². The third-order valence-corrected chi connectivity index (χ3v) is 5.32. The first-order chi connectivity index (χ1) is 11.4. The monoisotopic (exact) mass is 365 g/mol. The van der Waals surface area contributed by atoms with E-state index in [0.29, 0.717) is 11.6 Å². The summed E-state index contributed by atoms with van der Waals surface area (Å²) in [6.07, 6.45) is 5.02. The maximum atomic E-state index is 12.8. The number of rotatable bonds is 3.